The molecule has 0 aliphatic rings. The molecule has 0 bridgehead atoms. The molecule has 24 heavy (non-hydrogen) atoms. The van der Waals surface area contributed by atoms with E-state index in [2.05, 4.69) is 20.1 Å². The van der Waals surface area contributed by atoms with E-state index in [1.807, 2.05) is 13.0 Å². The lowest BCUT2D eigenvalue weighted by Crippen LogP contribution is -2.07. The molecule has 0 aliphatic heterocycles. The Hall–Kier alpha value is -3.29. The summed E-state index contributed by atoms with van der Waals surface area (Å²) < 4.78 is 11.2. The number of anilines is 2. The minimum absolute atomic E-state index is 0.157. The second-order valence-electron chi connectivity index (χ2n) is 5.26. The predicted molar refractivity (Wildman–Crippen MR) is 86.9 cm³/mol. The largest absolute Gasteiger partial charge is 0.513 e. The number of fused-ring (bicyclic) bond motifs is 1. The van der Waals surface area contributed by atoms with Crippen LogP contribution in [0.4, 0.5) is 16.3 Å². The number of ether oxygens (including phenoxy) is 2. The zero-order valence-electron chi connectivity index (χ0n) is 13.4. The molecule has 0 radical (unpaired) electrons. The quantitative estimate of drug-likeness (QED) is 0.713. The molecule has 8 heteroatoms. The molecule has 3 rings (SSSR count). The molecule has 0 saturated heterocycles. The number of phenols is 1. The highest BCUT2D eigenvalue weighted by atomic mass is 16.7. The Morgan fingerprint density at radius 2 is 2.08 bits per heavy atom. The van der Waals surface area contributed by atoms with Gasteiger partial charge in [-0.3, -0.25) is 0 Å². The molecule has 2 heterocycles. The van der Waals surface area contributed by atoms with Gasteiger partial charge in [-0.25, -0.2) is 14.3 Å². The zero-order chi connectivity index (χ0) is 17.3. The highest BCUT2D eigenvalue weighted by molar-refractivity contribution is 5.80. The van der Waals surface area contributed by atoms with Crippen LogP contribution in [-0.2, 0) is 4.74 Å². The molecule has 2 aromatic heterocycles. The minimum Gasteiger partial charge on any atom is -0.508 e. The van der Waals surface area contributed by atoms with Crippen LogP contribution >= 0.6 is 0 Å². The maximum Gasteiger partial charge on any atom is 0.513 e. The van der Waals surface area contributed by atoms with Gasteiger partial charge < -0.3 is 19.9 Å². The predicted octanol–water partition coefficient (Wildman–Crippen LogP) is 2.94. The molecule has 0 spiro atoms. The van der Waals surface area contributed by atoms with E-state index in [1.165, 1.54) is 13.4 Å². The number of nitrogens with one attached hydrogen (secondary N) is 1. The zero-order valence-corrected chi connectivity index (χ0v) is 13.4. The number of aromatic nitrogens is 3. The first-order valence-electron chi connectivity index (χ1n) is 7.14. The SMILES string of the molecule is COC(=O)Oc1cn2ncnc(Nc3cc(C)cc(O)c3)c2c1C. The van der Waals surface area contributed by atoms with Gasteiger partial charge in [0, 0.05) is 17.3 Å². The first kappa shape index (κ1) is 15.6. The van der Waals surface area contributed by atoms with Crippen molar-refractivity contribution in [1.29, 1.82) is 0 Å². The van der Waals surface area contributed by atoms with E-state index in [1.54, 1.807) is 29.8 Å². The maximum atomic E-state index is 11.3. The van der Waals surface area contributed by atoms with Crippen LogP contribution in [0.3, 0.4) is 0 Å². The topological polar surface area (TPSA) is 98.0 Å². The average molecular weight is 328 g/mol. The summed E-state index contributed by atoms with van der Waals surface area (Å²) >= 11 is 0. The van der Waals surface area contributed by atoms with Crippen molar-refractivity contribution in [2.24, 2.45) is 0 Å². The van der Waals surface area contributed by atoms with E-state index in [4.69, 9.17) is 4.74 Å². The van der Waals surface area contributed by atoms with Gasteiger partial charge in [0.15, 0.2) is 11.6 Å². The number of hydrogen-bond donors (Lipinski definition) is 2. The number of carbonyl (C=O) groups is 1. The molecule has 3 aromatic rings. The van der Waals surface area contributed by atoms with Crippen molar-refractivity contribution in [3.05, 3.63) is 41.9 Å². The Bertz CT molecular complexity index is 900. The van der Waals surface area contributed by atoms with E-state index in [-0.39, 0.29) is 5.75 Å². The van der Waals surface area contributed by atoms with Crippen LogP contribution in [0.5, 0.6) is 11.5 Å². The lowest BCUT2D eigenvalue weighted by Gasteiger charge is -2.09. The second-order valence-corrected chi connectivity index (χ2v) is 5.26. The molecule has 8 nitrogen and oxygen atoms in total. The Labute approximate surface area is 137 Å². The first-order chi connectivity index (χ1) is 11.5. The molecule has 0 unspecified atom stereocenters. The number of nitrogens with zero attached hydrogens (tertiary/aromatic N) is 3. The van der Waals surface area contributed by atoms with Crippen LogP contribution in [0.25, 0.3) is 5.52 Å². The van der Waals surface area contributed by atoms with E-state index >= 15 is 0 Å². The van der Waals surface area contributed by atoms with E-state index in [9.17, 15) is 9.90 Å². The van der Waals surface area contributed by atoms with Crippen molar-refractivity contribution < 1.29 is 19.4 Å². The van der Waals surface area contributed by atoms with Gasteiger partial charge in [-0.1, -0.05) is 0 Å². The van der Waals surface area contributed by atoms with Crippen LogP contribution < -0.4 is 10.1 Å². The summed E-state index contributed by atoms with van der Waals surface area (Å²) in [5, 5.41) is 17.0. The van der Waals surface area contributed by atoms with Crippen LogP contribution in [0.2, 0.25) is 0 Å². The molecule has 0 saturated carbocycles. The highest BCUT2D eigenvalue weighted by Crippen LogP contribution is 2.30. The third kappa shape index (κ3) is 2.94. The van der Waals surface area contributed by atoms with Crippen molar-refractivity contribution >= 4 is 23.2 Å². The molecule has 2 N–H and O–H groups in total. The normalized spacial score (nSPS) is 10.6. The van der Waals surface area contributed by atoms with Gasteiger partial charge in [-0.2, -0.15) is 5.10 Å². The third-order valence-corrected chi connectivity index (χ3v) is 3.47. The smallest absolute Gasteiger partial charge is 0.508 e. The number of hydrogen-bond acceptors (Lipinski definition) is 7. The molecule has 1 aromatic carbocycles. The van der Waals surface area contributed by atoms with Crippen molar-refractivity contribution in [2.45, 2.75) is 13.8 Å². The Balaban J connectivity index is 2.03. The lowest BCUT2D eigenvalue weighted by atomic mass is 10.2. The number of benzene rings is 1. The van der Waals surface area contributed by atoms with Gasteiger partial charge in [0.2, 0.25) is 0 Å². The number of rotatable bonds is 3. The van der Waals surface area contributed by atoms with E-state index in [0.717, 1.165) is 5.56 Å². The molecule has 0 atom stereocenters. The number of carbonyl (C=O) groups excluding carboxylic acids is 1. The van der Waals surface area contributed by atoms with Crippen molar-refractivity contribution in [3.63, 3.8) is 0 Å². The van der Waals surface area contributed by atoms with Gasteiger partial charge in [-0.15, -0.1) is 0 Å². The summed E-state index contributed by atoms with van der Waals surface area (Å²) in [6.45, 7) is 3.67. The molecule has 0 aliphatic carbocycles. The first-order valence-corrected chi connectivity index (χ1v) is 7.14. The summed E-state index contributed by atoms with van der Waals surface area (Å²) in [4.78, 5) is 15.6. The summed E-state index contributed by atoms with van der Waals surface area (Å²) in [6, 6.07) is 5.13. The molecule has 0 fully saturated rings. The molecule has 124 valence electrons. The van der Waals surface area contributed by atoms with Gasteiger partial charge in [0.05, 0.1) is 13.3 Å². The molecule has 0 amide bonds. The average Bonchev–Trinajstić information content (AvgIpc) is 2.83. The monoisotopic (exact) mass is 328 g/mol. The Kier molecular flexibility index (Phi) is 3.95. The van der Waals surface area contributed by atoms with Crippen LogP contribution in [-0.4, -0.2) is 33.0 Å². The van der Waals surface area contributed by atoms with Gasteiger partial charge in [0.1, 0.15) is 17.6 Å². The fourth-order valence-corrected chi connectivity index (χ4v) is 2.44. The second kappa shape index (κ2) is 6.07. The standard InChI is InChI=1S/C16H16N4O4/c1-9-4-11(6-12(21)5-9)19-15-14-10(2)13(24-16(22)23-3)7-20(14)18-8-17-15/h4-8,21H,1-3H3,(H,17,18,19). The van der Waals surface area contributed by atoms with E-state index in [0.29, 0.717) is 28.3 Å². The summed E-state index contributed by atoms with van der Waals surface area (Å²) in [5.74, 6) is 1.01. The highest BCUT2D eigenvalue weighted by Gasteiger charge is 2.16. The van der Waals surface area contributed by atoms with Crippen LogP contribution in [0, 0.1) is 13.8 Å². The number of phenolic OH excluding ortho intramolecular Hbond substituents is 1. The number of aryl methyl sites for hydroxylation is 2. The van der Waals surface area contributed by atoms with Gasteiger partial charge in [-0.05, 0) is 31.5 Å². The summed E-state index contributed by atoms with van der Waals surface area (Å²) in [7, 11) is 1.24. The summed E-state index contributed by atoms with van der Waals surface area (Å²) in [5.41, 5.74) is 2.92. The van der Waals surface area contributed by atoms with E-state index < -0.39 is 6.16 Å². The fourth-order valence-electron chi connectivity index (χ4n) is 2.44. The van der Waals surface area contributed by atoms with Crippen LogP contribution in [0.1, 0.15) is 11.1 Å². The van der Waals surface area contributed by atoms with Crippen molar-refractivity contribution in [2.75, 3.05) is 12.4 Å². The van der Waals surface area contributed by atoms with Crippen LogP contribution in [0.15, 0.2) is 30.7 Å². The Morgan fingerprint density at radius 3 is 2.79 bits per heavy atom. The maximum absolute atomic E-state index is 11.3. The number of methoxy groups -OCH3 is 1. The fraction of sp³-hybridized carbons (Fsp3) is 0.188. The minimum atomic E-state index is -0.805. The molecular formula is C16H16N4O4. The van der Waals surface area contributed by atoms with Gasteiger partial charge in [0.25, 0.3) is 0 Å². The van der Waals surface area contributed by atoms with Crippen molar-refractivity contribution in [1.82, 2.24) is 14.6 Å². The van der Waals surface area contributed by atoms with Crippen molar-refractivity contribution in [3.8, 4) is 11.5 Å². The molecular weight excluding hydrogens is 312 g/mol. The third-order valence-electron chi connectivity index (χ3n) is 3.47. The number of aromatic hydroxyl groups is 1. The Morgan fingerprint density at radius 1 is 1.29 bits per heavy atom. The lowest BCUT2D eigenvalue weighted by molar-refractivity contribution is 0.121. The van der Waals surface area contributed by atoms with Gasteiger partial charge >= 0.3 is 6.16 Å². The summed E-state index contributed by atoms with van der Waals surface area (Å²) in [6.07, 6.45) is 2.15.